The summed E-state index contributed by atoms with van der Waals surface area (Å²) in [6.45, 7) is 11.7. The highest BCUT2D eigenvalue weighted by Crippen LogP contribution is 2.10. The third kappa shape index (κ3) is 25.1. The van der Waals surface area contributed by atoms with Crippen LogP contribution in [0.2, 0.25) is 0 Å². The van der Waals surface area contributed by atoms with Crippen molar-refractivity contribution in [3.8, 4) is 0 Å². The third-order valence-electron chi connectivity index (χ3n) is 4.30. The number of hydrogen-bond acceptors (Lipinski definition) is 5. The van der Waals surface area contributed by atoms with Gasteiger partial charge in [-0.1, -0.05) is 64.7 Å². The van der Waals surface area contributed by atoms with E-state index in [2.05, 4.69) is 12.2 Å². The molecule has 0 fully saturated rings. The Balaban J connectivity index is 3.11. The smallest absolute Gasteiger partial charge is 0.407 e. The van der Waals surface area contributed by atoms with E-state index >= 15 is 0 Å². The SMILES string of the molecule is CCCCCCCCCCCCOCCOCCOCCNC(=O)OC(C)(C)C. The molecule has 0 aliphatic carbocycles. The van der Waals surface area contributed by atoms with Gasteiger partial charge in [-0.25, -0.2) is 4.79 Å². The van der Waals surface area contributed by atoms with E-state index in [0.29, 0.717) is 39.6 Å². The molecule has 0 saturated heterocycles. The van der Waals surface area contributed by atoms with Crippen LogP contribution in [0.5, 0.6) is 0 Å². The fourth-order valence-corrected chi connectivity index (χ4v) is 2.77. The minimum absolute atomic E-state index is 0.420. The maximum atomic E-state index is 11.4. The lowest BCUT2D eigenvalue weighted by molar-refractivity contribution is 0.0133. The molecule has 6 nitrogen and oxygen atoms in total. The quantitative estimate of drug-likeness (QED) is 0.266. The van der Waals surface area contributed by atoms with Crippen molar-refractivity contribution >= 4 is 6.09 Å². The number of unbranched alkanes of at least 4 members (excludes halogenated alkanes) is 9. The molecule has 0 atom stereocenters. The summed E-state index contributed by atoms with van der Waals surface area (Å²) in [5.74, 6) is 0. The van der Waals surface area contributed by atoms with Gasteiger partial charge < -0.3 is 24.3 Å². The summed E-state index contributed by atoms with van der Waals surface area (Å²) in [5, 5.41) is 2.65. The van der Waals surface area contributed by atoms with Crippen LogP contribution in [0.3, 0.4) is 0 Å². The Bertz CT molecular complexity index is 358. The Labute approximate surface area is 179 Å². The number of ether oxygens (including phenoxy) is 4. The van der Waals surface area contributed by atoms with Crippen LogP contribution in [0.1, 0.15) is 91.9 Å². The summed E-state index contributed by atoms with van der Waals surface area (Å²) in [5.41, 5.74) is -0.478. The molecule has 29 heavy (non-hydrogen) atoms. The van der Waals surface area contributed by atoms with Gasteiger partial charge in [0.15, 0.2) is 0 Å². The maximum absolute atomic E-state index is 11.4. The first-order valence-electron chi connectivity index (χ1n) is 11.7. The first kappa shape index (κ1) is 28.1. The number of nitrogens with one attached hydrogen (secondary N) is 1. The standard InChI is InChI=1S/C23H47NO5/c1-5-6-7-8-9-10-11-12-13-14-16-26-18-20-28-21-19-27-17-15-24-22(25)29-23(2,3)4/h5-21H2,1-4H3,(H,24,25). The summed E-state index contributed by atoms with van der Waals surface area (Å²) in [6, 6.07) is 0. The molecule has 0 aromatic heterocycles. The minimum Gasteiger partial charge on any atom is -0.444 e. The first-order chi connectivity index (χ1) is 14.0. The highest BCUT2D eigenvalue weighted by atomic mass is 16.6. The number of rotatable bonds is 20. The fraction of sp³-hybridized carbons (Fsp3) is 0.957. The molecule has 0 aliphatic rings. The van der Waals surface area contributed by atoms with E-state index in [4.69, 9.17) is 18.9 Å². The highest BCUT2D eigenvalue weighted by molar-refractivity contribution is 5.67. The van der Waals surface area contributed by atoms with Crippen molar-refractivity contribution in [1.82, 2.24) is 5.32 Å². The first-order valence-corrected chi connectivity index (χ1v) is 11.7. The van der Waals surface area contributed by atoms with Gasteiger partial charge in [-0.2, -0.15) is 0 Å². The second-order valence-corrected chi connectivity index (χ2v) is 8.45. The van der Waals surface area contributed by atoms with Crippen molar-refractivity contribution in [2.24, 2.45) is 0 Å². The Morgan fingerprint density at radius 1 is 0.655 bits per heavy atom. The molecular formula is C23H47NO5. The highest BCUT2D eigenvalue weighted by Gasteiger charge is 2.15. The molecule has 0 spiro atoms. The van der Waals surface area contributed by atoms with Crippen LogP contribution in [0.15, 0.2) is 0 Å². The predicted molar refractivity (Wildman–Crippen MR) is 119 cm³/mol. The lowest BCUT2D eigenvalue weighted by Crippen LogP contribution is -2.34. The van der Waals surface area contributed by atoms with Gasteiger partial charge in [0.2, 0.25) is 0 Å². The zero-order valence-corrected chi connectivity index (χ0v) is 19.6. The Morgan fingerprint density at radius 2 is 1.10 bits per heavy atom. The Kier molecular flexibility index (Phi) is 19.8. The van der Waals surface area contributed by atoms with E-state index in [1.54, 1.807) is 0 Å². The average Bonchev–Trinajstić information content (AvgIpc) is 2.65. The average molecular weight is 418 g/mol. The van der Waals surface area contributed by atoms with E-state index in [0.717, 1.165) is 13.0 Å². The molecule has 0 heterocycles. The van der Waals surface area contributed by atoms with Gasteiger partial charge in [0.05, 0.1) is 33.0 Å². The van der Waals surface area contributed by atoms with E-state index in [1.165, 1.54) is 57.8 Å². The van der Waals surface area contributed by atoms with Crippen molar-refractivity contribution in [2.75, 3.05) is 46.2 Å². The maximum Gasteiger partial charge on any atom is 0.407 e. The van der Waals surface area contributed by atoms with Gasteiger partial charge in [0.1, 0.15) is 5.60 Å². The lowest BCUT2D eigenvalue weighted by Gasteiger charge is -2.19. The fourth-order valence-electron chi connectivity index (χ4n) is 2.77. The molecule has 0 aliphatic heterocycles. The van der Waals surface area contributed by atoms with Crippen molar-refractivity contribution in [1.29, 1.82) is 0 Å². The van der Waals surface area contributed by atoms with Crippen molar-refractivity contribution in [2.45, 2.75) is 97.5 Å². The van der Waals surface area contributed by atoms with Gasteiger partial charge in [-0.15, -0.1) is 0 Å². The van der Waals surface area contributed by atoms with Crippen molar-refractivity contribution < 1.29 is 23.7 Å². The molecule has 6 heteroatoms. The van der Waals surface area contributed by atoms with Crippen LogP contribution in [-0.4, -0.2) is 57.9 Å². The van der Waals surface area contributed by atoms with Gasteiger partial charge in [-0.05, 0) is 27.2 Å². The third-order valence-corrected chi connectivity index (χ3v) is 4.30. The Morgan fingerprint density at radius 3 is 1.62 bits per heavy atom. The number of carbonyl (C=O) groups is 1. The van der Waals surface area contributed by atoms with Gasteiger partial charge in [0.25, 0.3) is 0 Å². The van der Waals surface area contributed by atoms with Crippen LogP contribution >= 0.6 is 0 Å². The van der Waals surface area contributed by atoms with Gasteiger partial charge >= 0.3 is 6.09 Å². The van der Waals surface area contributed by atoms with Crippen LogP contribution in [-0.2, 0) is 18.9 Å². The molecule has 1 N–H and O–H groups in total. The Hall–Kier alpha value is -0.850. The summed E-state index contributed by atoms with van der Waals surface area (Å²) in [7, 11) is 0. The predicted octanol–water partition coefficient (Wildman–Crippen LogP) is 5.48. The summed E-state index contributed by atoms with van der Waals surface area (Å²) >= 11 is 0. The number of alkyl carbamates (subject to hydrolysis) is 1. The van der Waals surface area contributed by atoms with Gasteiger partial charge in [0, 0.05) is 13.2 Å². The van der Waals surface area contributed by atoms with E-state index in [1.807, 2.05) is 20.8 Å². The van der Waals surface area contributed by atoms with E-state index in [-0.39, 0.29) is 0 Å². The molecule has 0 unspecified atom stereocenters. The zero-order valence-electron chi connectivity index (χ0n) is 19.6. The van der Waals surface area contributed by atoms with Crippen LogP contribution in [0, 0.1) is 0 Å². The zero-order chi connectivity index (χ0) is 21.6. The molecule has 174 valence electrons. The van der Waals surface area contributed by atoms with Crippen molar-refractivity contribution in [3.63, 3.8) is 0 Å². The normalized spacial score (nSPS) is 11.6. The van der Waals surface area contributed by atoms with Crippen LogP contribution in [0.4, 0.5) is 4.79 Å². The number of carbonyl (C=O) groups excluding carboxylic acids is 1. The molecule has 0 bridgehead atoms. The monoisotopic (exact) mass is 417 g/mol. The molecule has 0 saturated carbocycles. The van der Waals surface area contributed by atoms with Crippen molar-refractivity contribution in [3.05, 3.63) is 0 Å². The van der Waals surface area contributed by atoms with Gasteiger partial charge in [-0.3, -0.25) is 0 Å². The second kappa shape index (κ2) is 20.4. The van der Waals surface area contributed by atoms with Crippen LogP contribution in [0.25, 0.3) is 0 Å². The largest absolute Gasteiger partial charge is 0.444 e. The second-order valence-electron chi connectivity index (χ2n) is 8.45. The molecule has 0 radical (unpaired) electrons. The molecule has 0 rings (SSSR count). The molecule has 0 aromatic carbocycles. The molecule has 1 amide bonds. The summed E-state index contributed by atoms with van der Waals surface area (Å²) in [6.07, 6.45) is 13.0. The van der Waals surface area contributed by atoms with E-state index < -0.39 is 11.7 Å². The topological polar surface area (TPSA) is 66.0 Å². The van der Waals surface area contributed by atoms with E-state index in [9.17, 15) is 4.79 Å². The summed E-state index contributed by atoms with van der Waals surface area (Å²) < 4.78 is 21.6. The summed E-state index contributed by atoms with van der Waals surface area (Å²) in [4.78, 5) is 11.4. The van der Waals surface area contributed by atoms with Crippen LogP contribution < -0.4 is 5.32 Å². The minimum atomic E-state index is -0.478. The number of amides is 1. The number of hydrogen-bond donors (Lipinski definition) is 1. The lowest BCUT2D eigenvalue weighted by atomic mass is 10.1. The molecule has 0 aromatic rings. The molecular weight excluding hydrogens is 370 g/mol.